The number of nitrogens with zero attached hydrogens (tertiary/aromatic N) is 3. The molecule has 17 heavy (non-hydrogen) atoms. The summed E-state index contributed by atoms with van der Waals surface area (Å²) < 4.78 is 7.00. The number of anilines is 1. The number of hydrogen-bond donors (Lipinski definition) is 1. The summed E-state index contributed by atoms with van der Waals surface area (Å²) in [5, 5.41) is 8.88. The monoisotopic (exact) mass is 228 g/mol. The second kappa shape index (κ2) is 4.58. The lowest BCUT2D eigenvalue weighted by Gasteiger charge is -2.10. The molecule has 0 spiro atoms. The molecule has 0 saturated heterocycles. The minimum atomic E-state index is 0.370. The van der Waals surface area contributed by atoms with Crippen molar-refractivity contribution in [3.8, 4) is 11.8 Å². The third-order valence-electron chi connectivity index (χ3n) is 2.46. The van der Waals surface area contributed by atoms with Gasteiger partial charge in [0.15, 0.2) is 0 Å². The summed E-state index contributed by atoms with van der Waals surface area (Å²) in [6.07, 6.45) is 3.35. The number of hydrogen-bond acceptors (Lipinski definition) is 4. The van der Waals surface area contributed by atoms with Crippen molar-refractivity contribution in [1.82, 2.24) is 9.55 Å². The molecule has 0 atom stereocenters. The van der Waals surface area contributed by atoms with Crippen molar-refractivity contribution in [3.63, 3.8) is 0 Å². The van der Waals surface area contributed by atoms with E-state index in [2.05, 4.69) is 4.98 Å². The zero-order chi connectivity index (χ0) is 12.3. The number of nitrogen functional groups attached to an aromatic ring is 1. The molecule has 0 radical (unpaired) electrons. The number of benzene rings is 1. The molecule has 1 aromatic carbocycles. The lowest BCUT2D eigenvalue weighted by Crippen LogP contribution is -2.04. The highest BCUT2D eigenvalue weighted by Gasteiger charge is 2.07. The predicted molar refractivity (Wildman–Crippen MR) is 63.5 cm³/mol. The molecule has 0 fully saturated rings. The molecule has 5 nitrogen and oxygen atoms in total. The van der Waals surface area contributed by atoms with Crippen LogP contribution >= 0.6 is 0 Å². The van der Waals surface area contributed by atoms with Crippen LogP contribution in [0.3, 0.4) is 0 Å². The molecule has 0 saturated carbocycles. The summed E-state index contributed by atoms with van der Waals surface area (Å²) in [5.41, 5.74) is 7.32. The van der Waals surface area contributed by atoms with Crippen molar-refractivity contribution >= 4 is 5.69 Å². The summed E-state index contributed by atoms with van der Waals surface area (Å²) in [7, 11) is 1.61. The molecular weight excluding hydrogens is 216 g/mol. The van der Waals surface area contributed by atoms with E-state index in [-0.39, 0.29) is 0 Å². The first-order chi connectivity index (χ1) is 8.24. The van der Waals surface area contributed by atoms with E-state index in [0.717, 1.165) is 11.3 Å². The fraction of sp³-hybridized carbons (Fsp3) is 0.167. The molecule has 2 N–H and O–H groups in total. The first-order valence-corrected chi connectivity index (χ1v) is 5.08. The van der Waals surface area contributed by atoms with Crippen molar-refractivity contribution in [2.45, 2.75) is 6.54 Å². The van der Waals surface area contributed by atoms with Gasteiger partial charge in [-0.15, -0.1) is 0 Å². The van der Waals surface area contributed by atoms with E-state index < -0.39 is 0 Å². The first kappa shape index (κ1) is 11.0. The summed E-state index contributed by atoms with van der Waals surface area (Å²) in [6.45, 7) is 0.511. The number of nitrogens with two attached hydrogens (primary N) is 1. The van der Waals surface area contributed by atoms with Gasteiger partial charge in [0.25, 0.3) is 0 Å². The van der Waals surface area contributed by atoms with Crippen LogP contribution in [0.2, 0.25) is 0 Å². The standard InChI is InChI=1S/C12H12N4O/c1-17-11-3-2-10(14)6-9(11)8-16-5-4-15-12(16)7-13/h2-6H,8,14H2,1H3. The number of methoxy groups -OCH3 is 1. The van der Waals surface area contributed by atoms with E-state index in [1.807, 2.05) is 18.2 Å². The first-order valence-electron chi connectivity index (χ1n) is 5.08. The maximum atomic E-state index is 8.88. The average Bonchev–Trinajstić information content (AvgIpc) is 2.77. The van der Waals surface area contributed by atoms with Crippen molar-refractivity contribution in [3.05, 3.63) is 42.0 Å². The normalized spacial score (nSPS) is 9.88. The number of nitriles is 1. The largest absolute Gasteiger partial charge is 0.496 e. The second-order valence-electron chi connectivity index (χ2n) is 3.56. The molecule has 86 valence electrons. The number of imidazole rings is 1. The zero-order valence-electron chi connectivity index (χ0n) is 9.42. The van der Waals surface area contributed by atoms with Gasteiger partial charge in [-0.05, 0) is 18.2 Å². The Balaban J connectivity index is 2.36. The summed E-state index contributed by atoms with van der Waals surface area (Å²) in [5.74, 6) is 1.12. The van der Waals surface area contributed by atoms with Crippen LogP contribution in [0, 0.1) is 11.3 Å². The SMILES string of the molecule is COc1ccc(N)cc1Cn1ccnc1C#N. The van der Waals surface area contributed by atoms with E-state index in [4.69, 9.17) is 15.7 Å². The van der Waals surface area contributed by atoms with Crippen LogP contribution in [0.5, 0.6) is 5.75 Å². The van der Waals surface area contributed by atoms with Crippen LogP contribution < -0.4 is 10.5 Å². The summed E-state index contributed by atoms with van der Waals surface area (Å²) in [4.78, 5) is 3.94. The van der Waals surface area contributed by atoms with Crippen molar-refractivity contribution < 1.29 is 4.74 Å². The van der Waals surface area contributed by atoms with Crippen LogP contribution in [-0.4, -0.2) is 16.7 Å². The van der Waals surface area contributed by atoms with Crippen LogP contribution in [0.4, 0.5) is 5.69 Å². The van der Waals surface area contributed by atoms with Gasteiger partial charge < -0.3 is 15.0 Å². The van der Waals surface area contributed by atoms with Gasteiger partial charge in [0, 0.05) is 23.6 Å². The summed E-state index contributed by atoms with van der Waals surface area (Å²) >= 11 is 0. The van der Waals surface area contributed by atoms with Gasteiger partial charge in [0.05, 0.1) is 13.7 Å². The number of aromatic nitrogens is 2. The van der Waals surface area contributed by atoms with E-state index in [9.17, 15) is 0 Å². The van der Waals surface area contributed by atoms with Gasteiger partial charge >= 0.3 is 0 Å². The molecule has 5 heteroatoms. The maximum Gasteiger partial charge on any atom is 0.213 e. The van der Waals surface area contributed by atoms with Gasteiger partial charge in [-0.2, -0.15) is 5.26 Å². The Kier molecular flexibility index (Phi) is 2.97. The van der Waals surface area contributed by atoms with Gasteiger partial charge in [-0.25, -0.2) is 4.98 Å². The van der Waals surface area contributed by atoms with E-state index in [1.165, 1.54) is 0 Å². The Hall–Kier alpha value is -2.48. The molecule has 0 bridgehead atoms. The number of rotatable bonds is 3. The Morgan fingerprint density at radius 2 is 2.35 bits per heavy atom. The van der Waals surface area contributed by atoms with Crippen molar-refractivity contribution in [2.75, 3.05) is 12.8 Å². The molecule has 0 unspecified atom stereocenters. The molecule has 1 heterocycles. The van der Waals surface area contributed by atoms with Gasteiger partial charge in [-0.3, -0.25) is 0 Å². The molecule has 1 aromatic heterocycles. The fourth-order valence-electron chi connectivity index (χ4n) is 1.66. The quantitative estimate of drug-likeness (QED) is 0.805. The third-order valence-corrected chi connectivity index (χ3v) is 2.46. The topological polar surface area (TPSA) is 76.9 Å². The van der Waals surface area contributed by atoms with Crippen LogP contribution in [0.25, 0.3) is 0 Å². The van der Waals surface area contributed by atoms with Crippen molar-refractivity contribution in [1.29, 1.82) is 5.26 Å². The van der Waals surface area contributed by atoms with Crippen molar-refractivity contribution in [2.24, 2.45) is 0 Å². The van der Waals surface area contributed by atoms with E-state index in [1.54, 1.807) is 30.1 Å². The molecule has 0 amide bonds. The van der Waals surface area contributed by atoms with Crippen LogP contribution in [0.1, 0.15) is 11.4 Å². The molecular formula is C12H12N4O. The second-order valence-corrected chi connectivity index (χ2v) is 3.56. The minimum absolute atomic E-state index is 0.370. The van der Waals surface area contributed by atoms with E-state index >= 15 is 0 Å². The van der Waals surface area contributed by atoms with Crippen LogP contribution in [-0.2, 0) is 6.54 Å². The molecule has 2 rings (SSSR count). The highest BCUT2D eigenvalue weighted by Crippen LogP contribution is 2.22. The Labute approximate surface area is 99.1 Å². The molecule has 0 aliphatic rings. The summed E-state index contributed by atoms with van der Waals surface area (Å²) in [6, 6.07) is 7.45. The van der Waals surface area contributed by atoms with E-state index in [0.29, 0.717) is 18.1 Å². The average molecular weight is 228 g/mol. The molecule has 0 aliphatic carbocycles. The lowest BCUT2D eigenvalue weighted by atomic mass is 10.1. The van der Waals surface area contributed by atoms with Gasteiger partial charge in [-0.1, -0.05) is 0 Å². The zero-order valence-corrected chi connectivity index (χ0v) is 9.42. The minimum Gasteiger partial charge on any atom is -0.496 e. The molecule has 2 aromatic rings. The Morgan fingerprint density at radius 1 is 1.53 bits per heavy atom. The van der Waals surface area contributed by atoms with Crippen LogP contribution in [0.15, 0.2) is 30.6 Å². The predicted octanol–water partition coefficient (Wildman–Crippen LogP) is 1.39. The smallest absolute Gasteiger partial charge is 0.213 e. The molecule has 0 aliphatic heterocycles. The fourth-order valence-corrected chi connectivity index (χ4v) is 1.66. The highest BCUT2D eigenvalue weighted by molar-refractivity contribution is 5.48. The van der Waals surface area contributed by atoms with Gasteiger partial charge in [0.1, 0.15) is 11.8 Å². The maximum absolute atomic E-state index is 8.88. The van der Waals surface area contributed by atoms with Gasteiger partial charge in [0.2, 0.25) is 5.82 Å². The highest BCUT2D eigenvalue weighted by atomic mass is 16.5. The Morgan fingerprint density at radius 3 is 3.06 bits per heavy atom. The Bertz CT molecular complexity index is 568. The lowest BCUT2D eigenvalue weighted by molar-refractivity contribution is 0.408. The number of ether oxygens (including phenoxy) is 1. The third kappa shape index (κ3) is 2.21.